The fraction of sp³-hybridized carbons (Fsp3) is 0.667. The number of hydrogen-bond acceptors (Lipinski definition) is 5. The summed E-state index contributed by atoms with van der Waals surface area (Å²) in [6.07, 6.45) is 3.86. The molecule has 0 spiro atoms. The van der Waals surface area contributed by atoms with E-state index in [0.717, 1.165) is 0 Å². The van der Waals surface area contributed by atoms with E-state index in [-0.39, 0.29) is 0 Å². The molecule has 1 heterocycles. The van der Waals surface area contributed by atoms with E-state index in [2.05, 4.69) is 5.10 Å². The Bertz CT molecular complexity index is 105. The molecule has 0 radical (unpaired) electrons. The molecule has 1 aliphatic rings. The van der Waals surface area contributed by atoms with E-state index >= 15 is 0 Å². The summed E-state index contributed by atoms with van der Waals surface area (Å²) in [4.78, 5) is 0. The summed E-state index contributed by atoms with van der Waals surface area (Å²) in [7, 11) is 0. The van der Waals surface area contributed by atoms with Gasteiger partial charge in [0.15, 0.2) is 0 Å². The van der Waals surface area contributed by atoms with Gasteiger partial charge in [-0.3, -0.25) is 0 Å². The first-order chi connectivity index (χ1) is 3.83. The third kappa shape index (κ3) is 1.30. The molecule has 0 aliphatic carbocycles. The number of nitrogens with two attached hydrogens (primary N) is 1. The summed E-state index contributed by atoms with van der Waals surface area (Å²) in [6.45, 7) is 0. The van der Waals surface area contributed by atoms with Gasteiger partial charge in [-0.05, 0) is 6.26 Å². The highest BCUT2D eigenvalue weighted by Crippen LogP contribution is 2.25. The maximum Gasteiger partial charge on any atom is 0.110 e. The van der Waals surface area contributed by atoms with Gasteiger partial charge in [0.05, 0.1) is 6.21 Å². The average Bonchev–Trinajstić information content (AvgIpc) is 2.14. The molecule has 0 fully saturated rings. The van der Waals surface area contributed by atoms with Crippen LogP contribution in [0.2, 0.25) is 0 Å². The minimum absolute atomic E-state index is 0.417. The van der Waals surface area contributed by atoms with Gasteiger partial charge in [-0.2, -0.15) is 9.62 Å². The molecule has 0 saturated carbocycles. The molecular weight excluding hydrogens is 142 g/mol. The summed E-state index contributed by atoms with van der Waals surface area (Å²) in [5.41, 5.74) is 0. The molecule has 2 N–H and O–H groups in total. The fourth-order valence-corrected chi connectivity index (χ4v) is 1.60. The van der Waals surface area contributed by atoms with E-state index in [4.69, 9.17) is 5.84 Å². The Balaban J connectivity index is 2.34. The summed E-state index contributed by atoms with van der Waals surface area (Å²) in [5.74, 6) is 5.29. The van der Waals surface area contributed by atoms with Crippen LogP contribution in [0, 0.1) is 0 Å². The quantitative estimate of drug-likeness (QED) is 0.435. The van der Waals surface area contributed by atoms with Gasteiger partial charge in [0.25, 0.3) is 0 Å². The molecule has 5 heteroatoms. The molecule has 0 aromatic carbocycles. The van der Waals surface area contributed by atoms with Crippen molar-refractivity contribution in [3.63, 3.8) is 0 Å². The van der Waals surface area contributed by atoms with E-state index in [0.29, 0.717) is 4.58 Å². The van der Waals surface area contributed by atoms with Crippen LogP contribution in [0.1, 0.15) is 0 Å². The molecule has 3 nitrogen and oxygen atoms in total. The highest BCUT2D eigenvalue weighted by atomic mass is 32.2. The first-order valence-electron chi connectivity index (χ1n) is 2.11. The molecule has 1 unspecified atom stereocenters. The van der Waals surface area contributed by atoms with E-state index in [9.17, 15) is 0 Å². The Morgan fingerprint density at radius 1 is 2.00 bits per heavy atom. The lowest BCUT2D eigenvalue weighted by Gasteiger charge is -2.03. The molecule has 0 saturated heterocycles. The number of thioether (sulfide) groups is 1. The molecule has 8 heavy (non-hydrogen) atoms. The number of rotatable bonds is 1. The van der Waals surface area contributed by atoms with E-state index < -0.39 is 0 Å². The molecule has 0 amide bonds. The van der Waals surface area contributed by atoms with Crippen molar-refractivity contribution in [2.24, 2.45) is 10.9 Å². The molecule has 1 rings (SSSR count). The lowest BCUT2D eigenvalue weighted by molar-refractivity contribution is 0.548. The second-order valence-electron chi connectivity index (χ2n) is 1.28. The SMILES string of the molecule is CSC1C=NN(N)S1. The van der Waals surface area contributed by atoms with Crippen molar-refractivity contribution in [1.29, 1.82) is 0 Å². The van der Waals surface area contributed by atoms with Crippen LogP contribution in [0.15, 0.2) is 5.10 Å². The lowest BCUT2D eigenvalue weighted by atomic mass is 10.9. The van der Waals surface area contributed by atoms with Crippen molar-refractivity contribution in [3.8, 4) is 0 Å². The van der Waals surface area contributed by atoms with E-state index in [1.807, 2.05) is 12.5 Å². The molecule has 0 aromatic rings. The van der Waals surface area contributed by atoms with Crippen molar-refractivity contribution < 1.29 is 0 Å². The van der Waals surface area contributed by atoms with Crippen LogP contribution in [0.3, 0.4) is 0 Å². The monoisotopic (exact) mass is 149 g/mol. The van der Waals surface area contributed by atoms with Gasteiger partial charge in [0.2, 0.25) is 0 Å². The molecule has 46 valence electrons. The summed E-state index contributed by atoms with van der Waals surface area (Å²) < 4.78 is 1.79. The van der Waals surface area contributed by atoms with Crippen LogP contribution in [-0.2, 0) is 0 Å². The van der Waals surface area contributed by atoms with Gasteiger partial charge in [0.1, 0.15) is 4.58 Å². The number of nitrogens with zero attached hydrogens (tertiary/aromatic N) is 2. The fourth-order valence-electron chi connectivity index (χ4n) is 0.385. The van der Waals surface area contributed by atoms with E-state index in [1.165, 1.54) is 16.5 Å². The van der Waals surface area contributed by atoms with Crippen molar-refractivity contribution in [2.45, 2.75) is 4.58 Å². The number of hydrogen-bond donors (Lipinski definition) is 1. The Morgan fingerprint density at radius 3 is 3.00 bits per heavy atom. The third-order valence-corrected chi connectivity index (χ3v) is 2.81. The second-order valence-corrected chi connectivity index (χ2v) is 3.65. The second kappa shape index (κ2) is 2.61. The van der Waals surface area contributed by atoms with Crippen LogP contribution < -0.4 is 5.84 Å². The highest BCUT2D eigenvalue weighted by molar-refractivity contribution is 8.16. The maximum atomic E-state index is 5.29. The highest BCUT2D eigenvalue weighted by Gasteiger charge is 2.13. The van der Waals surface area contributed by atoms with Crippen molar-refractivity contribution >= 4 is 29.9 Å². The zero-order valence-electron chi connectivity index (χ0n) is 4.44. The zero-order chi connectivity index (χ0) is 5.98. The van der Waals surface area contributed by atoms with Crippen LogP contribution in [0.25, 0.3) is 0 Å². The van der Waals surface area contributed by atoms with Gasteiger partial charge in [0, 0.05) is 11.9 Å². The maximum absolute atomic E-state index is 5.29. The molecule has 0 aromatic heterocycles. The summed E-state index contributed by atoms with van der Waals surface area (Å²) >= 11 is 3.25. The van der Waals surface area contributed by atoms with Crippen LogP contribution in [-0.4, -0.2) is 21.6 Å². The van der Waals surface area contributed by atoms with Gasteiger partial charge >= 0.3 is 0 Å². The van der Waals surface area contributed by atoms with Crippen LogP contribution in [0.5, 0.6) is 0 Å². The van der Waals surface area contributed by atoms with Gasteiger partial charge in [-0.1, -0.05) is 0 Å². The zero-order valence-corrected chi connectivity index (χ0v) is 6.08. The topological polar surface area (TPSA) is 41.6 Å². The number of hydrazone groups is 1. The van der Waals surface area contributed by atoms with E-state index in [1.54, 1.807) is 11.8 Å². The average molecular weight is 149 g/mol. The minimum atomic E-state index is 0.417. The molecule has 1 atom stereocenters. The summed E-state index contributed by atoms with van der Waals surface area (Å²) in [6, 6.07) is 0. The van der Waals surface area contributed by atoms with Gasteiger partial charge in [-0.25, -0.2) is 5.84 Å². The van der Waals surface area contributed by atoms with Crippen LogP contribution >= 0.6 is 23.7 Å². The summed E-state index contributed by atoms with van der Waals surface area (Å²) in [5, 5.41) is 3.82. The van der Waals surface area contributed by atoms with Crippen LogP contribution in [0.4, 0.5) is 0 Å². The predicted octanol–water partition coefficient (Wildman–Crippen LogP) is 0.499. The Morgan fingerprint density at radius 2 is 2.75 bits per heavy atom. The first kappa shape index (κ1) is 6.25. The first-order valence-corrected chi connectivity index (χ1v) is 4.24. The Kier molecular flexibility index (Phi) is 2.04. The Hall–Kier alpha value is 0.130. The normalized spacial score (nSPS) is 27.2. The number of hydrazine groups is 1. The smallest absolute Gasteiger partial charge is 0.110 e. The standard InChI is InChI=1S/C3H7N3S2/c1-7-3-2-5-6(4)8-3/h2-3H,4H2,1H3. The Labute approximate surface area is 56.8 Å². The molecular formula is C3H7N3S2. The van der Waals surface area contributed by atoms with Gasteiger partial charge in [-0.15, -0.1) is 11.8 Å². The third-order valence-electron chi connectivity index (χ3n) is 0.746. The lowest BCUT2D eigenvalue weighted by Crippen LogP contribution is -2.13. The van der Waals surface area contributed by atoms with Crippen molar-refractivity contribution in [3.05, 3.63) is 0 Å². The molecule has 1 aliphatic heterocycles. The minimum Gasteiger partial charge on any atom is -0.220 e. The van der Waals surface area contributed by atoms with Crippen molar-refractivity contribution in [2.75, 3.05) is 6.26 Å². The largest absolute Gasteiger partial charge is 0.220 e. The predicted molar refractivity (Wildman–Crippen MR) is 39.4 cm³/mol. The van der Waals surface area contributed by atoms with Crippen molar-refractivity contribution in [1.82, 2.24) is 4.52 Å². The molecule has 0 bridgehead atoms. The van der Waals surface area contributed by atoms with Gasteiger partial charge < -0.3 is 0 Å².